The molecule has 0 spiro atoms. The SMILES string of the molecule is CC.C[C@H]1[C@@H](CCC(=O)O)CC[C@H]1C.[W]. The zero-order chi connectivity index (χ0) is 11.1. The maximum absolute atomic E-state index is 10.3. The molecule has 0 aliphatic heterocycles. The van der Waals surface area contributed by atoms with Gasteiger partial charge in [0.05, 0.1) is 0 Å². The summed E-state index contributed by atoms with van der Waals surface area (Å²) >= 11 is 0. The van der Waals surface area contributed by atoms with Crippen molar-refractivity contribution in [1.82, 2.24) is 0 Å². The van der Waals surface area contributed by atoms with Gasteiger partial charge in [-0.05, 0) is 30.6 Å². The smallest absolute Gasteiger partial charge is 0.303 e. The van der Waals surface area contributed by atoms with Gasteiger partial charge in [0, 0.05) is 27.5 Å². The van der Waals surface area contributed by atoms with E-state index in [-0.39, 0.29) is 21.1 Å². The molecule has 3 heteroatoms. The molecule has 0 aromatic rings. The quantitative estimate of drug-likeness (QED) is 0.808. The molecule has 0 aromatic carbocycles. The van der Waals surface area contributed by atoms with Crippen molar-refractivity contribution in [2.24, 2.45) is 17.8 Å². The Kier molecular flexibility index (Phi) is 11.0. The predicted octanol–water partition coefficient (Wildman–Crippen LogP) is 3.56. The number of rotatable bonds is 3. The van der Waals surface area contributed by atoms with Crippen LogP contribution >= 0.6 is 0 Å². The molecule has 0 bridgehead atoms. The number of carboxylic acids is 1. The third kappa shape index (κ3) is 6.35. The molecule has 0 radical (unpaired) electrons. The molecule has 3 atom stereocenters. The zero-order valence-corrected chi connectivity index (χ0v) is 13.3. The predicted molar refractivity (Wildman–Crippen MR) is 59.3 cm³/mol. The van der Waals surface area contributed by atoms with Gasteiger partial charge in [-0.25, -0.2) is 0 Å². The van der Waals surface area contributed by atoms with E-state index in [9.17, 15) is 4.79 Å². The zero-order valence-electron chi connectivity index (χ0n) is 10.3. The van der Waals surface area contributed by atoms with Crippen molar-refractivity contribution in [1.29, 1.82) is 0 Å². The van der Waals surface area contributed by atoms with Crippen LogP contribution in [0, 0.1) is 17.8 Å². The van der Waals surface area contributed by atoms with Gasteiger partial charge in [0.15, 0.2) is 0 Å². The second-order valence-electron chi connectivity index (χ2n) is 4.11. The second-order valence-corrected chi connectivity index (χ2v) is 4.11. The summed E-state index contributed by atoms with van der Waals surface area (Å²) in [6.07, 6.45) is 3.74. The summed E-state index contributed by atoms with van der Waals surface area (Å²) in [4.78, 5) is 10.3. The molecule has 1 aliphatic carbocycles. The fraction of sp³-hybridized carbons (Fsp3) is 0.917. The van der Waals surface area contributed by atoms with Crippen LogP contribution in [0.1, 0.15) is 53.4 Å². The average Bonchev–Trinajstić information content (AvgIpc) is 2.48. The molecule has 1 fully saturated rings. The van der Waals surface area contributed by atoms with Gasteiger partial charge < -0.3 is 5.11 Å². The molecular formula is C12H24O2W. The summed E-state index contributed by atoms with van der Waals surface area (Å²) in [5.41, 5.74) is 0. The Balaban J connectivity index is 0. The van der Waals surface area contributed by atoms with Crippen LogP contribution < -0.4 is 0 Å². The Bertz CT molecular complexity index is 171. The summed E-state index contributed by atoms with van der Waals surface area (Å²) in [6, 6.07) is 0. The van der Waals surface area contributed by atoms with Crippen molar-refractivity contribution in [2.45, 2.75) is 53.4 Å². The van der Waals surface area contributed by atoms with Gasteiger partial charge in [0.1, 0.15) is 0 Å². The van der Waals surface area contributed by atoms with Gasteiger partial charge in [0.2, 0.25) is 0 Å². The third-order valence-corrected chi connectivity index (χ3v) is 3.36. The van der Waals surface area contributed by atoms with Crippen molar-refractivity contribution in [2.75, 3.05) is 0 Å². The van der Waals surface area contributed by atoms with Crippen LogP contribution in [0.4, 0.5) is 0 Å². The molecule has 0 amide bonds. The van der Waals surface area contributed by atoms with E-state index in [4.69, 9.17) is 5.11 Å². The summed E-state index contributed by atoms with van der Waals surface area (Å²) in [5.74, 6) is 1.53. The minimum Gasteiger partial charge on any atom is -0.481 e. The number of carboxylic acid groups (broad SMARTS) is 1. The molecule has 1 saturated carbocycles. The van der Waals surface area contributed by atoms with Gasteiger partial charge in [-0.1, -0.05) is 34.1 Å². The first-order valence-electron chi connectivity index (χ1n) is 5.83. The van der Waals surface area contributed by atoms with Gasteiger partial charge in [-0.15, -0.1) is 0 Å². The second kappa shape index (κ2) is 9.39. The first kappa shape index (κ1) is 17.5. The number of hydrogen-bond donors (Lipinski definition) is 1. The number of carbonyl (C=O) groups is 1. The van der Waals surface area contributed by atoms with E-state index < -0.39 is 5.97 Å². The number of hydrogen-bond acceptors (Lipinski definition) is 1. The Hall–Kier alpha value is 0.158. The standard InChI is InChI=1S/C10H18O2.C2H6.W/c1-7-3-4-9(8(7)2)5-6-10(11)12;1-2;/h7-9H,3-6H2,1-2H3,(H,11,12);1-2H3;/t7-,8-,9-;;/m1../s1. The van der Waals surface area contributed by atoms with Crippen LogP contribution in [0.5, 0.6) is 0 Å². The van der Waals surface area contributed by atoms with Crippen molar-refractivity contribution < 1.29 is 31.0 Å². The van der Waals surface area contributed by atoms with Crippen molar-refractivity contribution in [3.63, 3.8) is 0 Å². The molecule has 2 nitrogen and oxygen atoms in total. The van der Waals surface area contributed by atoms with Gasteiger partial charge >= 0.3 is 5.97 Å². The fourth-order valence-corrected chi connectivity index (χ4v) is 2.18. The topological polar surface area (TPSA) is 37.3 Å². The molecule has 1 N–H and O–H groups in total. The molecule has 1 aliphatic rings. The molecule has 90 valence electrons. The molecule has 1 rings (SSSR count). The average molecular weight is 384 g/mol. The summed E-state index contributed by atoms with van der Waals surface area (Å²) in [5, 5.41) is 8.53. The van der Waals surface area contributed by atoms with E-state index in [2.05, 4.69) is 13.8 Å². The molecular weight excluding hydrogens is 360 g/mol. The van der Waals surface area contributed by atoms with Crippen LogP contribution in [0.15, 0.2) is 0 Å². The van der Waals surface area contributed by atoms with Crippen molar-refractivity contribution in [3.8, 4) is 0 Å². The maximum Gasteiger partial charge on any atom is 0.303 e. The minimum atomic E-state index is -0.651. The van der Waals surface area contributed by atoms with Crippen LogP contribution in [-0.4, -0.2) is 11.1 Å². The Morgan fingerprint density at radius 1 is 1.27 bits per heavy atom. The van der Waals surface area contributed by atoms with Gasteiger partial charge in [-0.3, -0.25) is 4.79 Å². The van der Waals surface area contributed by atoms with E-state index >= 15 is 0 Å². The fourth-order valence-electron chi connectivity index (χ4n) is 2.18. The van der Waals surface area contributed by atoms with Crippen LogP contribution in [0.25, 0.3) is 0 Å². The van der Waals surface area contributed by atoms with Crippen LogP contribution in [0.2, 0.25) is 0 Å². The monoisotopic (exact) mass is 384 g/mol. The molecule has 0 heterocycles. The third-order valence-electron chi connectivity index (χ3n) is 3.36. The van der Waals surface area contributed by atoms with Crippen molar-refractivity contribution in [3.05, 3.63) is 0 Å². The van der Waals surface area contributed by atoms with E-state index in [1.54, 1.807) is 0 Å². The summed E-state index contributed by atoms with van der Waals surface area (Å²) in [6.45, 7) is 8.52. The Morgan fingerprint density at radius 3 is 2.13 bits per heavy atom. The normalized spacial score (nSPS) is 28.7. The van der Waals surface area contributed by atoms with Crippen molar-refractivity contribution >= 4 is 5.97 Å². The van der Waals surface area contributed by atoms with Gasteiger partial charge in [-0.2, -0.15) is 0 Å². The Labute approximate surface area is 108 Å². The first-order valence-corrected chi connectivity index (χ1v) is 5.83. The Morgan fingerprint density at radius 2 is 1.80 bits per heavy atom. The maximum atomic E-state index is 10.3. The first-order chi connectivity index (χ1) is 6.61. The van der Waals surface area contributed by atoms with E-state index in [0.29, 0.717) is 12.3 Å². The van der Waals surface area contributed by atoms with Crippen LogP contribution in [0.3, 0.4) is 0 Å². The van der Waals surface area contributed by atoms with E-state index in [1.807, 2.05) is 13.8 Å². The van der Waals surface area contributed by atoms with Crippen LogP contribution in [-0.2, 0) is 25.9 Å². The molecule has 0 saturated heterocycles. The summed E-state index contributed by atoms with van der Waals surface area (Å²) < 4.78 is 0. The largest absolute Gasteiger partial charge is 0.481 e. The summed E-state index contributed by atoms with van der Waals surface area (Å²) in [7, 11) is 0. The van der Waals surface area contributed by atoms with Gasteiger partial charge in [0.25, 0.3) is 0 Å². The molecule has 15 heavy (non-hydrogen) atoms. The molecule has 0 unspecified atom stereocenters. The van der Waals surface area contributed by atoms with E-state index in [0.717, 1.165) is 18.3 Å². The molecule has 0 aromatic heterocycles. The number of aliphatic carboxylic acids is 1. The van der Waals surface area contributed by atoms with E-state index in [1.165, 1.54) is 12.8 Å². The minimum absolute atomic E-state index is 0.